The number of carbonyl (C=O) groups is 2. The zero-order chi connectivity index (χ0) is 23.7. The summed E-state index contributed by atoms with van der Waals surface area (Å²) in [5.41, 5.74) is 6.01. The molecule has 0 radical (unpaired) electrons. The number of halogens is 2. The van der Waals surface area contributed by atoms with Gasteiger partial charge in [0.2, 0.25) is 5.91 Å². The van der Waals surface area contributed by atoms with Crippen LogP contribution in [0.25, 0.3) is 22.1 Å². The average molecular weight is 473 g/mol. The number of primary amides is 1. The van der Waals surface area contributed by atoms with Gasteiger partial charge in [-0.25, -0.2) is 9.18 Å². The van der Waals surface area contributed by atoms with E-state index in [0.717, 1.165) is 0 Å². The van der Waals surface area contributed by atoms with Crippen LogP contribution in [-0.4, -0.2) is 35.9 Å². The van der Waals surface area contributed by atoms with E-state index in [1.165, 1.54) is 30.3 Å². The first kappa shape index (κ1) is 22.8. The molecule has 7 nitrogen and oxygen atoms in total. The third-order valence-electron chi connectivity index (χ3n) is 5.73. The highest BCUT2D eigenvalue weighted by Crippen LogP contribution is 2.34. The minimum Gasteiger partial charge on any atom is -0.481 e. The molecule has 2 amide bonds. The molecule has 2 aromatic carbocycles. The van der Waals surface area contributed by atoms with Crippen molar-refractivity contribution in [1.29, 1.82) is 0 Å². The van der Waals surface area contributed by atoms with Crippen LogP contribution < -0.4 is 16.1 Å². The Balaban J connectivity index is 1.59. The summed E-state index contributed by atoms with van der Waals surface area (Å²) in [5, 5.41) is 0.743. The smallest absolute Gasteiger partial charge is 0.336 e. The Kier molecular flexibility index (Phi) is 6.37. The van der Waals surface area contributed by atoms with Crippen LogP contribution in [0.5, 0.6) is 5.75 Å². The maximum Gasteiger partial charge on any atom is 0.336 e. The van der Waals surface area contributed by atoms with Crippen molar-refractivity contribution in [3.05, 3.63) is 63.7 Å². The first-order valence-electron chi connectivity index (χ1n) is 10.5. The molecule has 0 aliphatic carbocycles. The number of nitrogens with two attached hydrogens (primary N) is 1. The molecule has 1 saturated heterocycles. The van der Waals surface area contributed by atoms with E-state index in [1.807, 2.05) is 0 Å². The van der Waals surface area contributed by atoms with Gasteiger partial charge in [-0.2, -0.15) is 0 Å². The molecule has 1 aliphatic rings. The lowest BCUT2D eigenvalue weighted by Gasteiger charge is -2.32. The molecule has 1 aliphatic heterocycles. The van der Waals surface area contributed by atoms with Crippen molar-refractivity contribution in [2.45, 2.75) is 25.9 Å². The van der Waals surface area contributed by atoms with Gasteiger partial charge in [0.05, 0.1) is 10.9 Å². The highest BCUT2D eigenvalue weighted by atomic mass is 35.5. The van der Waals surface area contributed by atoms with Crippen molar-refractivity contribution in [3.63, 3.8) is 0 Å². The SMILES string of the molecule is C[C@@H](Oc1ccc2c(-c3ccc(F)cc3Cl)cc(=O)oc2c1)C(=O)N1CCC[C@H](C(N)=O)C1. The van der Waals surface area contributed by atoms with Crippen LogP contribution in [0.2, 0.25) is 5.02 Å². The van der Waals surface area contributed by atoms with Crippen LogP contribution in [-0.2, 0) is 9.59 Å². The number of rotatable bonds is 5. The Labute approximate surface area is 193 Å². The Bertz CT molecular complexity index is 1290. The van der Waals surface area contributed by atoms with Gasteiger partial charge in [-0.1, -0.05) is 11.6 Å². The number of hydrogen-bond acceptors (Lipinski definition) is 5. The second kappa shape index (κ2) is 9.23. The first-order chi connectivity index (χ1) is 15.7. The molecule has 33 heavy (non-hydrogen) atoms. The first-order valence-corrected chi connectivity index (χ1v) is 10.9. The third kappa shape index (κ3) is 4.85. The molecule has 1 fully saturated rings. The lowest BCUT2D eigenvalue weighted by atomic mass is 9.97. The van der Waals surface area contributed by atoms with E-state index < -0.39 is 23.5 Å². The molecule has 2 atom stereocenters. The van der Waals surface area contributed by atoms with E-state index in [-0.39, 0.29) is 29.0 Å². The summed E-state index contributed by atoms with van der Waals surface area (Å²) in [6.07, 6.45) is 0.538. The van der Waals surface area contributed by atoms with Crippen molar-refractivity contribution in [2.24, 2.45) is 11.7 Å². The van der Waals surface area contributed by atoms with Crippen LogP contribution in [0.1, 0.15) is 19.8 Å². The number of benzene rings is 2. The molecule has 172 valence electrons. The number of fused-ring (bicyclic) bond motifs is 1. The molecule has 0 spiro atoms. The zero-order valence-corrected chi connectivity index (χ0v) is 18.6. The molecular formula is C24H22ClFN2O5. The Hall–Kier alpha value is -3.39. The van der Waals surface area contributed by atoms with Gasteiger partial charge in [-0.15, -0.1) is 0 Å². The number of hydrogen-bond donors (Lipinski definition) is 1. The minimum atomic E-state index is -0.824. The van der Waals surface area contributed by atoms with Crippen molar-refractivity contribution >= 4 is 34.4 Å². The number of ether oxygens (including phenoxy) is 1. The monoisotopic (exact) mass is 472 g/mol. The quantitative estimate of drug-likeness (QED) is 0.570. The van der Waals surface area contributed by atoms with Crippen molar-refractivity contribution in [1.82, 2.24) is 4.90 Å². The lowest BCUT2D eigenvalue weighted by molar-refractivity contribution is -0.141. The number of carbonyl (C=O) groups excluding carboxylic acids is 2. The number of likely N-dealkylation sites (tertiary alicyclic amines) is 1. The van der Waals surface area contributed by atoms with E-state index in [9.17, 15) is 18.8 Å². The van der Waals surface area contributed by atoms with Gasteiger partial charge in [0.1, 0.15) is 17.1 Å². The van der Waals surface area contributed by atoms with E-state index in [0.29, 0.717) is 41.6 Å². The van der Waals surface area contributed by atoms with Crippen molar-refractivity contribution < 1.29 is 23.1 Å². The van der Waals surface area contributed by atoms with Gasteiger partial charge in [-0.3, -0.25) is 9.59 Å². The molecule has 2 N–H and O–H groups in total. The summed E-state index contributed by atoms with van der Waals surface area (Å²) in [5.74, 6) is -1.18. The molecular weight excluding hydrogens is 451 g/mol. The molecule has 0 unspecified atom stereocenters. The molecule has 4 rings (SSSR count). The fourth-order valence-corrected chi connectivity index (χ4v) is 4.34. The topological polar surface area (TPSA) is 103 Å². The molecule has 0 bridgehead atoms. The standard InChI is InChI=1S/C24H22ClFN2O5/c1-13(24(31)28-8-2-3-14(12-28)23(27)30)32-16-5-7-18-19(11-22(29)33-21(18)10-16)17-6-4-15(26)9-20(17)25/h4-7,9-11,13-14H,2-3,8,12H2,1H3,(H2,27,30)/t13-,14+/m1/s1. The summed E-state index contributed by atoms with van der Waals surface area (Å²) in [7, 11) is 0. The summed E-state index contributed by atoms with van der Waals surface area (Å²) in [6, 6.07) is 10.1. The van der Waals surface area contributed by atoms with Crippen LogP contribution in [0.15, 0.2) is 51.7 Å². The Morgan fingerprint density at radius 1 is 1.21 bits per heavy atom. The summed E-state index contributed by atoms with van der Waals surface area (Å²) in [4.78, 5) is 38.1. The zero-order valence-electron chi connectivity index (χ0n) is 17.8. The number of piperidine rings is 1. The molecule has 2 heterocycles. The predicted octanol–water partition coefficient (Wildman–Crippen LogP) is 3.74. The van der Waals surface area contributed by atoms with Crippen LogP contribution >= 0.6 is 11.6 Å². The van der Waals surface area contributed by atoms with Crippen molar-refractivity contribution in [2.75, 3.05) is 13.1 Å². The average Bonchev–Trinajstić information content (AvgIpc) is 2.78. The molecule has 9 heteroatoms. The molecule has 1 aromatic heterocycles. The van der Waals surface area contributed by atoms with Gasteiger partial charge in [0.15, 0.2) is 6.10 Å². The van der Waals surface area contributed by atoms with Gasteiger partial charge >= 0.3 is 5.63 Å². The van der Waals surface area contributed by atoms with Crippen molar-refractivity contribution in [3.8, 4) is 16.9 Å². The molecule has 0 saturated carbocycles. The second-order valence-electron chi connectivity index (χ2n) is 8.05. The maximum atomic E-state index is 13.5. The highest BCUT2D eigenvalue weighted by Gasteiger charge is 2.30. The van der Waals surface area contributed by atoms with E-state index in [2.05, 4.69) is 0 Å². The summed E-state index contributed by atoms with van der Waals surface area (Å²) < 4.78 is 24.6. The van der Waals surface area contributed by atoms with E-state index >= 15 is 0 Å². The van der Waals surface area contributed by atoms with E-state index in [4.69, 9.17) is 26.5 Å². The highest BCUT2D eigenvalue weighted by molar-refractivity contribution is 6.33. The maximum absolute atomic E-state index is 13.5. The number of nitrogens with zero attached hydrogens (tertiary/aromatic N) is 1. The van der Waals surface area contributed by atoms with E-state index in [1.54, 1.807) is 24.0 Å². The normalized spacial score (nSPS) is 17.1. The summed E-state index contributed by atoms with van der Waals surface area (Å²) >= 11 is 6.19. The molecule has 3 aromatic rings. The van der Waals surface area contributed by atoms with Gasteiger partial charge < -0.3 is 19.8 Å². The number of amides is 2. The van der Waals surface area contributed by atoms with Gasteiger partial charge in [0, 0.05) is 41.7 Å². The Morgan fingerprint density at radius 2 is 2.00 bits per heavy atom. The third-order valence-corrected chi connectivity index (χ3v) is 6.05. The second-order valence-corrected chi connectivity index (χ2v) is 8.45. The van der Waals surface area contributed by atoms with Crippen LogP contribution in [0.4, 0.5) is 4.39 Å². The largest absolute Gasteiger partial charge is 0.481 e. The van der Waals surface area contributed by atoms with Crippen LogP contribution in [0.3, 0.4) is 0 Å². The lowest BCUT2D eigenvalue weighted by Crippen LogP contribution is -2.48. The van der Waals surface area contributed by atoms with Gasteiger partial charge in [0.25, 0.3) is 5.91 Å². The fraction of sp³-hybridized carbons (Fsp3) is 0.292. The van der Waals surface area contributed by atoms with Gasteiger partial charge in [-0.05, 0) is 50.1 Å². The Morgan fingerprint density at radius 3 is 2.73 bits per heavy atom. The summed E-state index contributed by atoms with van der Waals surface area (Å²) in [6.45, 7) is 2.42. The fourth-order valence-electron chi connectivity index (χ4n) is 4.07. The van der Waals surface area contributed by atoms with Crippen LogP contribution in [0, 0.1) is 11.7 Å². The predicted molar refractivity (Wildman–Crippen MR) is 121 cm³/mol. The minimum absolute atomic E-state index is 0.164.